The van der Waals surface area contributed by atoms with Crippen LogP contribution in [0.1, 0.15) is 6.92 Å². The van der Waals surface area contributed by atoms with E-state index in [1.165, 1.54) is 0 Å². The maximum absolute atomic E-state index is 11.2. The first-order chi connectivity index (χ1) is 7.58. The predicted octanol–water partition coefficient (Wildman–Crippen LogP) is -0.345. The molecule has 16 heavy (non-hydrogen) atoms. The highest BCUT2D eigenvalue weighted by molar-refractivity contribution is 5.79. The summed E-state index contributed by atoms with van der Waals surface area (Å²) in [5, 5.41) is 13.2. The number of hydrogen-bond donors (Lipinski definition) is 3. The fourth-order valence-corrected chi connectivity index (χ4v) is 1.19. The third-order valence-electron chi connectivity index (χ3n) is 1.82. The summed E-state index contributed by atoms with van der Waals surface area (Å²) in [4.78, 5) is 25.2. The van der Waals surface area contributed by atoms with Gasteiger partial charge in [0.2, 0.25) is 0 Å². The molecule has 1 unspecified atom stereocenters. The number of hydrogen-bond acceptors (Lipinski definition) is 3. The summed E-state index contributed by atoms with van der Waals surface area (Å²) in [6.45, 7) is 2.02. The van der Waals surface area contributed by atoms with Gasteiger partial charge in [-0.25, -0.2) is 9.78 Å². The monoisotopic (exact) mass is 226 g/mol. The first-order valence-corrected chi connectivity index (χ1v) is 4.80. The van der Waals surface area contributed by atoms with Crippen molar-refractivity contribution in [1.82, 2.24) is 20.2 Å². The molecule has 0 fully saturated rings. The lowest BCUT2D eigenvalue weighted by atomic mass is 10.3. The molecule has 0 aromatic carbocycles. The zero-order valence-corrected chi connectivity index (χ0v) is 8.88. The van der Waals surface area contributed by atoms with Gasteiger partial charge in [0, 0.05) is 25.0 Å². The molecule has 1 aromatic rings. The maximum Gasteiger partial charge on any atom is 0.323 e. The third-order valence-corrected chi connectivity index (χ3v) is 1.82. The van der Waals surface area contributed by atoms with Gasteiger partial charge in [-0.05, 0) is 6.92 Å². The molecule has 88 valence electrons. The molecule has 1 rings (SSSR count). The van der Waals surface area contributed by atoms with E-state index in [4.69, 9.17) is 5.11 Å². The molecule has 7 heteroatoms. The fourth-order valence-electron chi connectivity index (χ4n) is 1.19. The van der Waals surface area contributed by atoms with E-state index in [1.807, 2.05) is 11.5 Å². The Morgan fingerprint density at radius 2 is 2.31 bits per heavy atom. The van der Waals surface area contributed by atoms with Gasteiger partial charge < -0.3 is 20.3 Å². The summed E-state index contributed by atoms with van der Waals surface area (Å²) in [6, 6.07) is -0.599. The molecule has 3 N–H and O–H groups in total. The summed E-state index contributed by atoms with van der Waals surface area (Å²) >= 11 is 0. The predicted molar refractivity (Wildman–Crippen MR) is 55.9 cm³/mol. The van der Waals surface area contributed by atoms with Crippen LogP contribution in [0.5, 0.6) is 0 Å². The summed E-state index contributed by atoms with van der Waals surface area (Å²) in [5.41, 5.74) is 0. The van der Waals surface area contributed by atoms with Gasteiger partial charge in [-0.1, -0.05) is 0 Å². The summed E-state index contributed by atoms with van der Waals surface area (Å²) in [6.07, 6.45) is 5.08. The van der Waals surface area contributed by atoms with Gasteiger partial charge in [-0.2, -0.15) is 0 Å². The minimum atomic E-state index is -1.07. The Morgan fingerprint density at radius 3 is 2.88 bits per heavy atom. The van der Waals surface area contributed by atoms with Crippen LogP contribution in [0.15, 0.2) is 18.7 Å². The van der Waals surface area contributed by atoms with E-state index in [9.17, 15) is 9.59 Å². The van der Waals surface area contributed by atoms with Gasteiger partial charge in [0.15, 0.2) is 0 Å². The lowest BCUT2D eigenvalue weighted by Gasteiger charge is -2.14. The normalized spacial score (nSPS) is 11.8. The Hall–Kier alpha value is -2.05. The minimum absolute atomic E-state index is 0.108. The number of imidazole rings is 1. The van der Waals surface area contributed by atoms with Gasteiger partial charge in [0.25, 0.3) is 0 Å². The first kappa shape index (κ1) is 12.0. The van der Waals surface area contributed by atoms with Crippen LogP contribution in [0.3, 0.4) is 0 Å². The van der Waals surface area contributed by atoms with Gasteiger partial charge in [0.05, 0.1) is 6.33 Å². The molecule has 0 saturated heterocycles. The number of nitrogens with one attached hydrogen (secondary N) is 2. The summed E-state index contributed by atoms with van der Waals surface area (Å²) in [7, 11) is 0. The van der Waals surface area contributed by atoms with Crippen molar-refractivity contribution in [3.8, 4) is 0 Å². The molecule has 0 bridgehead atoms. The third kappa shape index (κ3) is 4.45. The Morgan fingerprint density at radius 1 is 1.56 bits per heavy atom. The maximum atomic E-state index is 11.2. The molecular formula is C9H14N4O3. The highest BCUT2D eigenvalue weighted by atomic mass is 16.4. The number of carboxylic acids is 1. The number of carboxylic acid groups (broad SMARTS) is 1. The average molecular weight is 226 g/mol. The minimum Gasteiger partial charge on any atom is -0.480 e. The van der Waals surface area contributed by atoms with E-state index in [0.29, 0.717) is 6.54 Å². The van der Waals surface area contributed by atoms with Crippen molar-refractivity contribution in [2.75, 3.05) is 6.54 Å². The van der Waals surface area contributed by atoms with Crippen LogP contribution in [-0.4, -0.2) is 39.2 Å². The molecule has 1 heterocycles. The second kappa shape index (κ2) is 5.74. The second-order valence-corrected chi connectivity index (χ2v) is 3.38. The first-order valence-electron chi connectivity index (χ1n) is 4.80. The SMILES string of the molecule is CC(Cn1ccnc1)NC(=O)NCC(=O)O. The van der Waals surface area contributed by atoms with Gasteiger partial charge in [0.1, 0.15) is 6.54 Å². The second-order valence-electron chi connectivity index (χ2n) is 3.38. The molecule has 1 atom stereocenters. The number of aromatic nitrogens is 2. The Kier molecular flexibility index (Phi) is 4.31. The van der Waals surface area contributed by atoms with Crippen LogP contribution in [0.4, 0.5) is 4.79 Å². The Labute approximate surface area is 92.5 Å². The largest absolute Gasteiger partial charge is 0.480 e. The Balaban J connectivity index is 2.25. The molecule has 0 aliphatic carbocycles. The molecule has 0 radical (unpaired) electrons. The van der Waals surface area contributed by atoms with E-state index in [2.05, 4.69) is 15.6 Å². The molecule has 0 aliphatic heterocycles. The van der Waals surface area contributed by atoms with Crippen LogP contribution in [-0.2, 0) is 11.3 Å². The topological polar surface area (TPSA) is 96.3 Å². The number of carbonyl (C=O) groups is 2. The number of rotatable bonds is 5. The zero-order chi connectivity index (χ0) is 12.0. The molecule has 1 aromatic heterocycles. The standard InChI is InChI=1S/C9H14N4O3/c1-7(5-13-3-2-10-6-13)12-9(16)11-4-8(14)15/h2-3,6-7H,4-5H2,1H3,(H,14,15)(H2,11,12,16). The van der Waals surface area contributed by atoms with Crippen LogP contribution < -0.4 is 10.6 Å². The van der Waals surface area contributed by atoms with Crippen molar-refractivity contribution >= 4 is 12.0 Å². The highest BCUT2D eigenvalue weighted by Crippen LogP contribution is 1.91. The van der Waals surface area contributed by atoms with E-state index in [-0.39, 0.29) is 12.6 Å². The Bertz CT molecular complexity index is 350. The lowest BCUT2D eigenvalue weighted by molar-refractivity contribution is -0.135. The van der Waals surface area contributed by atoms with E-state index < -0.39 is 12.0 Å². The van der Waals surface area contributed by atoms with Crippen molar-refractivity contribution in [2.24, 2.45) is 0 Å². The fraction of sp³-hybridized carbons (Fsp3) is 0.444. The number of carbonyl (C=O) groups excluding carboxylic acids is 1. The van der Waals surface area contributed by atoms with Crippen molar-refractivity contribution in [2.45, 2.75) is 19.5 Å². The number of amides is 2. The molecule has 0 saturated carbocycles. The molecule has 0 spiro atoms. The quantitative estimate of drug-likeness (QED) is 0.639. The number of nitrogens with zero attached hydrogens (tertiary/aromatic N) is 2. The van der Waals surface area contributed by atoms with Crippen molar-refractivity contribution in [3.63, 3.8) is 0 Å². The van der Waals surface area contributed by atoms with Gasteiger partial charge in [-0.3, -0.25) is 4.79 Å². The van der Waals surface area contributed by atoms with Crippen LogP contribution in [0.2, 0.25) is 0 Å². The van der Waals surface area contributed by atoms with Gasteiger partial charge >= 0.3 is 12.0 Å². The van der Waals surface area contributed by atoms with E-state index in [0.717, 1.165) is 0 Å². The highest BCUT2D eigenvalue weighted by Gasteiger charge is 2.08. The van der Waals surface area contributed by atoms with Crippen LogP contribution >= 0.6 is 0 Å². The number of aliphatic carboxylic acids is 1. The molecule has 0 aliphatic rings. The van der Waals surface area contributed by atoms with Crippen molar-refractivity contribution in [1.29, 1.82) is 0 Å². The summed E-state index contributed by atoms with van der Waals surface area (Å²) < 4.78 is 1.82. The average Bonchev–Trinajstić information content (AvgIpc) is 2.67. The van der Waals surface area contributed by atoms with Crippen LogP contribution in [0.25, 0.3) is 0 Å². The van der Waals surface area contributed by atoms with Gasteiger partial charge in [-0.15, -0.1) is 0 Å². The molecular weight excluding hydrogens is 212 g/mol. The van der Waals surface area contributed by atoms with Crippen LogP contribution in [0, 0.1) is 0 Å². The van der Waals surface area contributed by atoms with Crippen molar-refractivity contribution in [3.05, 3.63) is 18.7 Å². The summed E-state index contributed by atoms with van der Waals surface area (Å²) in [5.74, 6) is -1.07. The lowest BCUT2D eigenvalue weighted by Crippen LogP contribution is -2.44. The number of urea groups is 1. The molecule has 7 nitrogen and oxygen atoms in total. The molecule has 2 amide bonds. The van der Waals surface area contributed by atoms with E-state index >= 15 is 0 Å². The smallest absolute Gasteiger partial charge is 0.323 e. The van der Waals surface area contributed by atoms with E-state index in [1.54, 1.807) is 18.7 Å². The zero-order valence-electron chi connectivity index (χ0n) is 8.88. The van der Waals surface area contributed by atoms with Crippen molar-refractivity contribution < 1.29 is 14.7 Å².